The monoisotopic (exact) mass is 344 g/mol. The minimum absolute atomic E-state index is 0.307. The van der Waals surface area contributed by atoms with E-state index in [4.69, 9.17) is 4.74 Å². The highest BCUT2D eigenvalue weighted by atomic mass is 79.9. The predicted molar refractivity (Wildman–Crippen MR) is 85.2 cm³/mol. The van der Waals surface area contributed by atoms with Crippen LogP contribution in [0.4, 0.5) is 0 Å². The normalized spacial score (nSPS) is 10.8. The molecule has 3 aromatic rings. The number of esters is 1. The minimum Gasteiger partial charge on any atom is -0.462 e. The maximum Gasteiger partial charge on any atom is 0.338 e. The number of ether oxygens (including phenoxy) is 1. The molecule has 0 radical (unpaired) electrons. The van der Waals surface area contributed by atoms with E-state index in [1.54, 1.807) is 19.2 Å². The van der Waals surface area contributed by atoms with Crippen molar-refractivity contribution in [3.63, 3.8) is 0 Å². The number of nitrogens with one attached hydrogen (secondary N) is 1. The molecule has 1 aromatic carbocycles. The van der Waals surface area contributed by atoms with Crippen LogP contribution in [0.2, 0.25) is 0 Å². The van der Waals surface area contributed by atoms with Gasteiger partial charge in [-0.25, -0.2) is 9.78 Å². The zero-order valence-electron chi connectivity index (χ0n) is 11.4. The summed E-state index contributed by atoms with van der Waals surface area (Å²) in [6, 6.07) is 9.41. The van der Waals surface area contributed by atoms with Crippen molar-refractivity contribution in [3.8, 4) is 11.1 Å². The molecule has 0 amide bonds. The first-order chi connectivity index (χ1) is 10.2. The van der Waals surface area contributed by atoms with Gasteiger partial charge in [0.2, 0.25) is 0 Å². The molecule has 5 heteroatoms. The van der Waals surface area contributed by atoms with Gasteiger partial charge in [0.05, 0.1) is 12.2 Å². The van der Waals surface area contributed by atoms with Crippen LogP contribution in [0.3, 0.4) is 0 Å². The number of fused-ring (bicyclic) bond motifs is 1. The van der Waals surface area contributed by atoms with Crippen molar-refractivity contribution in [2.45, 2.75) is 6.92 Å². The van der Waals surface area contributed by atoms with Crippen LogP contribution in [0.25, 0.3) is 22.2 Å². The summed E-state index contributed by atoms with van der Waals surface area (Å²) < 4.78 is 5.95. The van der Waals surface area contributed by atoms with Crippen molar-refractivity contribution in [1.29, 1.82) is 0 Å². The molecule has 0 atom stereocenters. The van der Waals surface area contributed by atoms with Crippen molar-refractivity contribution < 1.29 is 9.53 Å². The Morgan fingerprint density at radius 3 is 3.05 bits per heavy atom. The summed E-state index contributed by atoms with van der Waals surface area (Å²) in [7, 11) is 0. The van der Waals surface area contributed by atoms with Crippen LogP contribution in [-0.4, -0.2) is 22.5 Å². The van der Waals surface area contributed by atoms with Crippen LogP contribution in [-0.2, 0) is 4.74 Å². The highest BCUT2D eigenvalue weighted by Gasteiger charge is 2.11. The molecule has 0 saturated heterocycles. The molecular weight excluding hydrogens is 332 g/mol. The molecule has 0 fully saturated rings. The highest BCUT2D eigenvalue weighted by Crippen LogP contribution is 2.30. The second-order valence-corrected chi connectivity index (χ2v) is 5.47. The summed E-state index contributed by atoms with van der Waals surface area (Å²) in [5.74, 6) is -0.307. The molecule has 0 aliphatic rings. The molecule has 0 aliphatic heterocycles. The van der Waals surface area contributed by atoms with Crippen LogP contribution in [0.15, 0.2) is 47.2 Å². The number of hydrogen-bond acceptors (Lipinski definition) is 3. The number of hydrogen-bond donors (Lipinski definition) is 1. The number of pyridine rings is 1. The topological polar surface area (TPSA) is 55.0 Å². The van der Waals surface area contributed by atoms with Gasteiger partial charge in [0.15, 0.2) is 0 Å². The lowest BCUT2D eigenvalue weighted by Gasteiger charge is -2.04. The Bertz CT molecular complexity index is 811. The molecule has 0 aliphatic carbocycles. The molecular formula is C16H13BrN2O2. The number of H-pyrrole nitrogens is 1. The lowest BCUT2D eigenvalue weighted by atomic mass is 10.0. The number of rotatable bonds is 3. The fraction of sp³-hybridized carbons (Fsp3) is 0.125. The average molecular weight is 345 g/mol. The lowest BCUT2D eigenvalue weighted by molar-refractivity contribution is 0.0526. The van der Waals surface area contributed by atoms with Gasteiger partial charge in [0.1, 0.15) is 5.65 Å². The van der Waals surface area contributed by atoms with E-state index >= 15 is 0 Å². The van der Waals surface area contributed by atoms with E-state index < -0.39 is 0 Å². The molecule has 2 heterocycles. The largest absolute Gasteiger partial charge is 0.462 e. The van der Waals surface area contributed by atoms with Crippen LogP contribution >= 0.6 is 15.9 Å². The van der Waals surface area contributed by atoms with E-state index in [0.717, 1.165) is 26.6 Å². The Hall–Kier alpha value is -2.14. The fourth-order valence-corrected chi connectivity index (χ4v) is 2.58. The second kappa shape index (κ2) is 5.69. The first-order valence-electron chi connectivity index (χ1n) is 6.59. The van der Waals surface area contributed by atoms with Crippen molar-refractivity contribution in [2.75, 3.05) is 6.61 Å². The summed E-state index contributed by atoms with van der Waals surface area (Å²) in [5.41, 5.74) is 3.32. The molecule has 4 nitrogen and oxygen atoms in total. The van der Waals surface area contributed by atoms with Gasteiger partial charge in [-0.3, -0.25) is 0 Å². The SMILES string of the molecule is CCOC(=O)c1cccc(-c2c[nH]c3ncc(Br)cc23)c1. The van der Waals surface area contributed by atoms with Gasteiger partial charge in [0, 0.05) is 27.8 Å². The zero-order chi connectivity index (χ0) is 14.8. The van der Waals surface area contributed by atoms with Crippen LogP contribution < -0.4 is 0 Å². The van der Waals surface area contributed by atoms with Crippen LogP contribution in [0.1, 0.15) is 17.3 Å². The van der Waals surface area contributed by atoms with Crippen LogP contribution in [0.5, 0.6) is 0 Å². The number of carbonyl (C=O) groups is 1. The van der Waals surface area contributed by atoms with Gasteiger partial charge in [-0.15, -0.1) is 0 Å². The Morgan fingerprint density at radius 2 is 2.24 bits per heavy atom. The predicted octanol–water partition coefficient (Wildman–Crippen LogP) is 4.17. The van der Waals surface area contributed by atoms with Gasteiger partial charge in [-0.05, 0) is 46.6 Å². The van der Waals surface area contributed by atoms with Crippen molar-refractivity contribution in [1.82, 2.24) is 9.97 Å². The summed E-state index contributed by atoms with van der Waals surface area (Å²) >= 11 is 3.43. The second-order valence-electron chi connectivity index (χ2n) is 4.55. The van der Waals surface area contributed by atoms with Crippen molar-refractivity contribution in [3.05, 3.63) is 52.8 Å². The average Bonchev–Trinajstić information content (AvgIpc) is 2.90. The summed E-state index contributed by atoms with van der Waals surface area (Å²) in [6.07, 6.45) is 3.64. The van der Waals surface area contributed by atoms with Crippen LogP contribution in [0, 0.1) is 0 Å². The third-order valence-corrected chi connectivity index (χ3v) is 3.62. The molecule has 21 heavy (non-hydrogen) atoms. The molecule has 0 unspecified atom stereocenters. The van der Waals surface area contributed by atoms with E-state index in [2.05, 4.69) is 25.9 Å². The Morgan fingerprint density at radius 1 is 1.38 bits per heavy atom. The zero-order valence-corrected chi connectivity index (χ0v) is 13.0. The molecule has 2 aromatic heterocycles. The van der Waals surface area contributed by atoms with Gasteiger partial charge in [0.25, 0.3) is 0 Å². The number of carbonyl (C=O) groups excluding carboxylic acids is 1. The molecule has 0 spiro atoms. The molecule has 0 saturated carbocycles. The number of nitrogens with zero attached hydrogens (tertiary/aromatic N) is 1. The highest BCUT2D eigenvalue weighted by molar-refractivity contribution is 9.10. The first kappa shape index (κ1) is 13.8. The van der Waals surface area contributed by atoms with E-state index in [0.29, 0.717) is 12.2 Å². The molecule has 0 bridgehead atoms. The first-order valence-corrected chi connectivity index (χ1v) is 7.38. The Balaban J connectivity index is 2.08. The number of aromatic nitrogens is 2. The van der Waals surface area contributed by atoms with Crippen molar-refractivity contribution in [2.24, 2.45) is 0 Å². The maximum absolute atomic E-state index is 11.8. The quantitative estimate of drug-likeness (QED) is 0.725. The van der Waals surface area contributed by atoms with Gasteiger partial charge in [-0.1, -0.05) is 12.1 Å². The van der Waals surface area contributed by atoms with Gasteiger partial charge >= 0.3 is 5.97 Å². The maximum atomic E-state index is 11.8. The third kappa shape index (κ3) is 2.69. The van der Waals surface area contributed by atoms with Gasteiger partial charge in [-0.2, -0.15) is 0 Å². The summed E-state index contributed by atoms with van der Waals surface area (Å²) in [6.45, 7) is 2.16. The number of aromatic amines is 1. The lowest BCUT2D eigenvalue weighted by Crippen LogP contribution is -2.04. The minimum atomic E-state index is -0.307. The van der Waals surface area contributed by atoms with Crippen molar-refractivity contribution >= 4 is 32.9 Å². The fourth-order valence-electron chi connectivity index (χ4n) is 2.24. The smallest absolute Gasteiger partial charge is 0.338 e. The van der Waals surface area contributed by atoms with E-state index in [-0.39, 0.29) is 5.97 Å². The number of halogens is 1. The Labute approximate surface area is 130 Å². The van der Waals surface area contributed by atoms with Gasteiger partial charge < -0.3 is 9.72 Å². The summed E-state index contributed by atoms with van der Waals surface area (Å²) in [5, 5.41) is 1.00. The Kier molecular flexibility index (Phi) is 3.75. The summed E-state index contributed by atoms with van der Waals surface area (Å²) in [4.78, 5) is 19.3. The number of benzene rings is 1. The molecule has 3 rings (SSSR count). The van der Waals surface area contributed by atoms with E-state index in [1.807, 2.05) is 30.5 Å². The molecule has 1 N–H and O–H groups in total. The van der Waals surface area contributed by atoms with E-state index in [9.17, 15) is 4.79 Å². The third-order valence-electron chi connectivity index (χ3n) is 3.18. The van der Waals surface area contributed by atoms with E-state index in [1.165, 1.54) is 0 Å². The standard InChI is InChI=1S/C16H13BrN2O2/c1-2-21-16(20)11-5-3-4-10(6-11)14-9-19-15-13(14)7-12(17)8-18-15/h3-9H,2H2,1H3,(H,18,19). The molecule has 106 valence electrons.